The number of carbonyl (C=O) groups is 1. The summed E-state index contributed by atoms with van der Waals surface area (Å²) in [5.41, 5.74) is 4.11. The average Bonchev–Trinajstić information content (AvgIpc) is 2.65. The summed E-state index contributed by atoms with van der Waals surface area (Å²) in [5, 5.41) is 5.69. The lowest BCUT2D eigenvalue weighted by Gasteiger charge is -2.40. The molecule has 0 saturated heterocycles. The van der Waals surface area contributed by atoms with E-state index in [2.05, 4.69) is 43.4 Å². The van der Waals surface area contributed by atoms with Gasteiger partial charge in [-0.25, -0.2) is 4.39 Å². The standard InChI is InChI=1S/C25H22FNO/c1-25(2)13-20-24(21(28)14-25)23(17-9-5-6-10-18(17)26)22-16-8-4-3-7-15(16)11-12-19(22)27-20/h3-12,23,27H,13-14H2,1-2H3. The third kappa shape index (κ3) is 2.57. The van der Waals surface area contributed by atoms with E-state index < -0.39 is 0 Å². The number of benzene rings is 3. The number of anilines is 1. The minimum Gasteiger partial charge on any atom is -0.358 e. The monoisotopic (exact) mass is 371 g/mol. The first-order chi connectivity index (χ1) is 13.4. The number of Topliss-reactive ketones (excluding diaryl/α,β-unsaturated/α-hetero) is 1. The van der Waals surface area contributed by atoms with Gasteiger partial charge in [-0.3, -0.25) is 4.79 Å². The smallest absolute Gasteiger partial charge is 0.162 e. The Labute approximate surface area is 164 Å². The molecule has 28 heavy (non-hydrogen) atoms. The van der Waals surface area contributed by atoms with Gasteiger partial charge in [0.05, 0.1) is 0 Å². The Kier molecular flexibility index (Phi) is 3.70. The second-order valence-electron chi connectivity index (χ2n) is 8.66. The highest BCUT2D eigenvalue weighted by molar-refractivity contribution is 6.04. The van der Waals surface area contributed by atoms with Crippen molar-refractivity contribution in [1.82, 2.24) is 0 Å². The molecule has 1 heterocycles. The number of carbonyl (C=O) groups excluding carboxylic acids is 1. The van der Waals surface area contributed by atoms with Gasteiger partial charge in [-0.1, -0.05) is 62.4 Å². The van der Waals surface area contributed by atoms with Crippen LogP contribution in [0.3, 0.4) is 0 Å². The summed E-state index contributed by atoms with van der Waals surface area (Å²) in [4.78, 5) is 13.3. The number of allylic oxidation sites excluding steroid dienone is 2. The van der Waals surface area contributed by atoms with E-state index in [1.54, 1.807) is 6.07 Å². The van der Waals surface area contributed by atoms with Crippen molar-refractivity contribution in [3.05, 3.63) is 88.9 Å². The van der Waals surface area contributed by atoms with Crippen LogP contribution in [-0.2, 0) is 4.79 Å². The van der Waals surface area contributed by atoms with Gasteiger partial charge in [-0.2, -0.15) is 0 Å². The van der Waals surface area contributed by atoms with Crippen LogP contribution in [0.2, 0.25) is 0 Å². The number of halogens is 1. The summed E-state index contributed by atoms with van der Waals surface area (Å²) in [5.74, 6) is -0.537. The van der Waals surface area contributed by atoms with Gasteiger partial charge < -0.3 is 5.32 Å². The minimum absolute atomic E-state index is 0.100. The number of hydrogen-bond acceptors (Lipinski definition) is 2. The third-order valence-corrected chi connectivity index (χ3v) is 5.97. The highest BCUT2D eigenvalue weighted by Crippen LogP contribution is 2.51. The Morgan fingerprint density at radius 2 is 1.71 bits per heavy atom. The number of rotatable bonds is 1. The van der Waals surface area contributed by atoms with E-state index in [0.717, 1.165) is 39.7 Å². The molecule has 0 aromatic heterocycles. The Bertz CT molecular complexity index is 1160. The van der Waals surface area contributed by atoms with Crippen LogP contribution in [-0.4, -0.2) is 5.78 Å². The zero-order valence-electron chi connectivity index (χ0n) is 16.1. The quantitative estimate of drug-likeness (QED) is 0.553. The van der Waals surface area contributed by atoms with Crippen molar-refractivity contribution < 1.29 is 9.18 Å². The maximum Gasteiger partial charge on any atom is 0.162 e. The second-order valence-corrected chi connectivity index (χ2v) is 8.66. The van der Waals surface area contributed by atoms with Crippen molar-refractivity contribution in [1.29, 1.82) is 0 Å². The summed E-state index contributed by atoms with van der Waals surface area (Å²) in [6, 6.07) is 19.1. The van der Waals surface area contributed by atoms with Crippen molar-refractivity contribution in [2.24, 2.45) is 5.41 Å². The normalized spacial score (nSPS) is 20.5. The van der Waals surface area contributed by atoms with Crippen molar-refractivity contribution in [2.75, 3.05) is 5.32 Å². The zero-order valence-corrected chi connectivity index (χ0v) is 16.1. The lowest BCUT2D eigenvalue weighted by atomic mass is 9.68. The SMILES string of the molecule is CC1(C)CC(=O)C2=C(C1)Nc1ccc3ccccc3c1C2c1ccccc1F. The fourth-order valence-electron chi connectivity index (χ4n) is 4.82. The van der Waals surface area contributed by atoms with E-state index in [1.807, 2.05) is 24.3 Å². The van der Waals surface area contributed by atoms with Crippen LogP contribution in [0.4, 0.5) is 10.1 Å². The molecule has 3 aromatic carbocycles. The molecule has 0 bridgehead atoms. The fourth-order valence-corrected chi connectivity index (χ4v) is 4.82. The van der Waals surface area contributed by atoms with E-state index in [0.29, 0.717) is 12.0 Å². The van der Waals surface area contributed by atoms with Gasteiger partial charge in [-0.15, -0.1) is 0 Å². The Balaban J connectivity index is 1.84. The van der Waals surface area contributed by atoms with E-state index in [1.165, 1.54) is 6.07 Å². The summed E-state index contributed by atoms with van der Waals surface area (Å²) in [6.07, 6.45) is 1.27. The van der Waals surface area contributed by atoms with Crippen LogP contribution in [0.5, 0.6) is 0 Å². The third-order valence-electron chi connectivity index (χ3n) is 5.97. The van der Waals surface area contributed by atoms with Crippen molar-refractivity contribution >= 4 is 22.2 Å². The van der Waals surface area contributed by atoms with Gasteiger partial charge in [0, 0.05) is 34.9 Å². The Morgan fingerprint density at radius 3 is 2.54 bits per heavy atom. The van der Waals surface area contributed by atoms with E-state index in [4.69, 9.17) is 0 Å². The van der Waals surface area contributed by atoms with Crippen LogP contribution in [0, 0.1) is 11.2 Å². The Morgan fingerprint density at radius 1 is 0.964 bits per heavy atom. The summed E-state index contributed by atoms with van der Waals surface area (Å²) in [6.45, 7) is 4.23. The van der Waals surface area contributed by atoms with Gasteiger partial charge in [0.1, 0.15) is 5.82 Å². The molecule has 3 aromatic rings. The first kappa shape index (κ1) is 17.2. The molecule has 0 amide bonds. The van der Waals surface area contributed by atoms with Crippen LogP contribution in [0.25, 0.3) is 10.8 Å². The van der Waals surface area contributed by atoms with Gasteiger partial charge in [0.25, 0.3) is 0 Å². The fraction of sp³-hybridized carbons (Fsp3) is 0.240. The molecule has 1 aliphatic heterocycles. The minimum atomic E-state index is -0.387. The molecule has 0 radical (unpaired) electrons. The molecule has 2 nitrogen and oxygen atoms in total. The molecule has 0 saturated carbocycles. The molecule has 2 aliphatic rings. The number of fused-ring (bicyclic) bond motifs is 3. The number of hydrogen-bond donors (Lipinski definition) is 1. The highest BCUT2D eigenvalue weighted by atomic mass is 19.1. The van der Waals surface area contributed by atoms with E-state index in [-0.39, 0.29) is 22.9 Å². The van der Waals surface area contributed by atoms with Crippen LogP contribution in [0.15, 0.2) is 71.9 Å². The first-order valence-corrected chi connectivity index (χ1v) is 9.74. The maximum atomic E-state index is 15.0. The topological polar surface area (TPSA) is 29.1 Å². The van der Waals surface area contributed by atoms with Crippen LogP contribution < -0.4 is 5.32 Å². The van der Waals surface area contributed by atoms with Gasteiger partial charge in [0.2, 0.25) is 0 Å². The molecule has 1 unspecified atom stereocenters. The Hall–Kier alpha value is -2.94. The number of nitrogens with one attached hydrogen (secondary N) is 1. The van der Waals surface area contributed by atoms with Gasteiger partial charge in [-0.05, 0) is 40.3 Å². The van der Waals surface area contributed by atoms with Crippen molar-refractivity contribution in [3.8, 4) is 0 Å². The van der Waals surface area contributed by atoms with E-state index >= 15 is 0 Å². The molecular formula is C25H22FNO. The predicted octanol–water partition coefficient (Wildman–Crippen LogP) is 6.18. The summed E-state index contributed by atoms with van der Waals surface area (Å²) < 4.78 is 15.0. The molecule has 1 atom stereocenters. The number of ketones is 1. The van der Waals surface area contributed by atoms with Crippen LogP contribution in [0.1, 0.15) is 43.7 Å². The molecule has 3 heteroatoms. The largest absolute Gasteiger partial charge is 0.358 e. The van der Waals surface area contributed by atoms with Crippen molar-refractivity contribution in [3.63, 3.8) is 0 Å². The average molecular weight is 371 g/mol. The maximum absolute atomic E-state index is 15.0. The predicted molar refractivity (Wildman–Crippen MR) is 111 cm³/mol. The first-order valence-electron chi connectivity index (χ1n) is 9.74. The molecular weight excluding hydrogens is 349 g/mol. The molecule has 1 N–H and O–H groups in total. The molecule has 140 valence electrons. The summed E-state index contributed by atoms with van der Waals surface area (Å²) in [7, 11) is 0. The lowest BCUT2D eigenvalue weighted by Crippen LogP contribution is -2.34. The molecule has 5 rings (SSSR count). The van der Waals surface area contributed by atoms with Gasteiger partial charge in [0.15, 0.2) is 5.78 Å². The van der Waals surface area contributed by atoms with Gasteiger partial charge >= 0.3 is 0 Å². The molecule has 1 aliphatic carbocycles. The summed E-state index contributed by atoms with van der Waals surface area (Å²) >= 11 is 0. The van der Waals surface area contributed by atoms with Crippen LogP contribution >= 0.6 is 0 Å². The lowest BCUT2D eigenvalue weighted by molar-refractivity contribution is -0.118. The second kappa shape index (κ2) is 6.03. The molecule has 0 fully saturated rings. The van der Waals surface area contributed by atoms with E-state index in [9.17, 15) is 9.18 Å². The zero-order chi connectivity index (χ0) is 19.5. The molecule has 0 spiro atoms. The van der Waals surface area contributed by atoms with Crippen molar-refractivity contribution in [2.45, 2.75) is 32.6 Å². The highest BCUT2D eigenvalue weighted by Gasteiger charge is 2.41.